The predicted octanol–water partition coefficient (Wildman–Crippen LogP) is 0.322. The quantitative estimate of drug-likeness (QED) is 0.322. The van der Waals surface area contributed by atoms with Crippen molar-refractivity contribution in [2.45, 2.75) is 31.8 Å². The molecule has 0 saturated heterocycles. The van der Waals surface area contributed by atoms with Gasteiger partial charge in [0.1, 0.15) is 11.9 Å². The molecular formula is C21H24N6O6. The van der Waals surface area contributed by atoms with E-state index in [1.54, 1.807) is 18.2 Å². The van der Waals surface area contributed by atoms with Crippen LogP contribution >= 0.6 is 0 Å². The van der Waals surface area contributed by atoms with Gasteiger partial charge in [-0.25, -0.2) is 4.79 Å². The summed E-state index contributed by atoms with van der Waals surface area (Å²) in [5.74, 6) is -2.08. The third-order valence-corrected chi connectivity index (χ3v) is 5.91. The van der Waals surface area contributed by atoms with Crippen LogP contribution in [0.3, 0.4) is 0 Å². The number of carboxylic acids is 2. The number of nitrogens with zero attached hydrogens (tertiary/aromatic N) is 2. The minimum Gasteiger partial charge on any atom is -0.481 e. The van der Waals surface area contributed by atoms with Gasteiger partial charge in [-0.05, 0) is 42.5 Å². The number of aromatic nitrogens is 2. The number of carboxylic acid groups (broad SMARTS) is 2. The Labute approximate surface area is 187 Å². The van der Waals surface area contributed by atoms with Gasteiger partial charge in [0.05, 0.1) is 5.56 Å². The fraction of sp³-hybridized carbons (Fsp3) is 0.381. The van der Waals surface area contributed by atoms with E-state index in [4.69, 9.17) is 10.8 Å². The van der Waals surface area contributed by atoms with Crippen LogP contribution < -0.4 is 21.9 Å². The zero-order valence-electron chi connectivity index (χ0n) is 17.6. The third kappa shape index (κ3) is 4.59. The van der Waals surface area contributed by atoms with E-state index >= 15 is 0 Å². The predicted molar refractivity (Wildman–Crippen MR) is 118 cm³/mol. The highest BCUT2D eigenvalue weighted by atomic mass is 16.4. The Hall–Kier alpha value is -4.09. The fourth-order valence-corrected chi connectivity index (χ4v) is 4.24. The van der Waals surface area contributed by atoms with Crippen molar-refractivity contribution in [3.63, 3.8) is 0 Å². The number of carbonyl (C=O) groups is 3. The minimum atomic E-state index is -1.23. The van der Waals surface area contributed by atoms with Crippen LogP contribution in [0.15, 0.2) is 23.0 Å². The van der Waals surface area contributed by atoms with E-state index in [1.807, 2.05) is 0 Å². The first-order valence-corrected chi connectivity index (χ1v) is 10.5. The highest BCUT2D eigenvalue weighted by molar-refractivity contribution is 6.00. The van der Waals surface area contributed by atoms with Gasteiger partial charge in [-0.1, -0.05) is 0 Å². The number of amides is 1. The molecule has 0 aliphatic carbocycles. The molecule has 2 aliphatic rings. The molecule has 0 radical (unpaired) electrons. The third-order valence-electron chi connectivity index (χ3n) is 5.91. The molecule has 1 aromatic heterocycles. The Morgan fingerprint density at radius 3 is 2.82 bits per heavy atom. The highest BCUT2D eigenvalue weighted by Crippen LogP contribution is 2.29. The number of aliphatic carboxylic acids is 2. The summed E-state index contributed by atoms with van der Waals surface area (Å²) in [5.41, 5.74) is 7.71. The Balaban J connectivity index is 1.41. The summed E-state index contributed by atoms with van der Waals surface area (Å²) in [4.78, 5) is 55.1. The molecule has 174 valence electrons. The SMILES string of the molecule is Nc1nc2c(c(=O)[nH]1)C[C@H](CNc1ccc3c(c1)CN([C@@H](CCC(=O)O)C(=O)O)C3=O)CN2. The van der Waals surface area contributed by atoms with Crippen molar-refractivity contribution >= 4 is 35.3 Å². The Bertz CT molecular complexity index is 1180. The summed E-state index contributed by atoms with van der Waals surface area (Å²) in [6.45, 7) is 1.27. The maximum atomic E-state index is 12.7. The number of nitrogens with two attached hydrogens (primary N) is 1. The summed E-state index contributed by atoms with van der Waals surface area (Å²) < 4.78 is 0. The monoisotopic (exact) mass is 456 g/mol. The molecule has 2 aliphatic heterocycles. The van der Waals surface area contributed by atoms with E-state index < -0.39 is 23.9 Å². The molecule has 1 amide bonds. The smallest absolute Gasteiger partial charge is 0.326 e. The van der Waals surface area contributed by atoms with E-state index in [0.29, 0.717) is 42.0 Å². The van der Waals surface area contributed by atoms with Crippen LogP contribution in [0.4, 0.5) is 17.5 Å². The average Bonchev–Trinajstić information content (AvgIpc) is 3.07. The van der Waals surface area contributed by atoms with Crippen LogP contribution in [-0.4, -0.2) is 62.1 Å². The van der Waals surface area contributed by atoms with Gasteiger partial charge in [-0.2, -0.15) is 4.98 Å². The molecule has 0 spiro atoms. The first-order valence-electron chi connectivity index (χ1n) is 10.5. The van der Waals surface area contributed by atoms with Crippen molar-refractivity contribution in [3.8, 4) is 0 Å². The summed E-state index contributed by atoms with van der Waals surface area (Å²) >= 11 is 0. The molecule has 12 heteroatoms. The van der Waals surface area contributed by atoms with Crippen molar-refractivity contribution in [1.29, 1.82) is 0 Å². The summed E-state index contributed by atoms with van der Waals surface area (Å²) in [5, 5.41) is 24.8. The normalized spacial score (nSPS) is 17.6. The maximum absolute atomic E-state index is 12.7. The average molecular weight is 456 g/mol. The maximum Gasteiger partial charge on any atom is 0.326 e. The van der Waals surface area contributed by atoms with Gasteiger partial charge in [0.25, 0.3) is 11.5 Å². The van der Waals surface area contributed by atoms with Gasteiger partial charge in [-0.3, -0.25) is 19.4 Å². The van der Waals surface area contributed by atoms with E-state index in [0.717, 1.165) is 5.69 Å². The number of hydrogen-bond acceptors (Lipinski definition) is 8. The van der Waals surface area contributed by atoms with Crippen LogP contribution in [0.2, 0.25) is 0 Å². The van der Waals surface area contributed by atoms with Crippen LogP contribution in [0.1, 0.15) is 34.3 Å². The number of benzene rings is 1. The van der Waals surface area contributed by atoms with Crippen LogP contribution in [0, 0.1) is 5.92 Å². The number of carbonyl (C=O) groups excluding carboxylic acids is 1. The van der Waals surface area contributed by atoms with E-state index in [2.05, 4.69) is 20.6 Å². The number of fused-ring (bicyclic) bond motifs is 2. The number of aromatic amines is 1. The van der Waals surface area contributed by atoms with Gasteiger partial charge >= 0.3 is 11.9 Å². The first kappa shape index (κ1) is 22.1. The lowest BCUT2D eigenvalue weighted by atomic mass is 9.96. The second-order valence-corrected chi connectivity index (χ2v) is 8.20. The molecule has 3 heterocycles. The second kappa shape index (κ2) is 8.81. The number of H-pyrrole nitrogens is 1. The van der Waals surface area contributed by atoms with Crippen LogP contribution in [-0.2, 0) is 22.6 Å². The fourth-order valence-electron chi connectivity index (χ4n) is 4.24. The molecule has 0 bridgehead atoms. The molecular weight excluding hydrogens is 432 g/mol. The van der Waals surface area contributed by atoms with Gasteiger partial charge in [0, 0.05) is 37.3 Å². The minimum absolute atomic E-state index is 0.0673. The first-order chi connectivity index (χ1) is 15.7. The van der Waals surface area contributed by atoms with E-state index in [9.17, 15) is 24.3 Å². The molecule has 4 rings (SSSR count). The summed E-state index contributed by atoms with van der Waals surface area (Å²) in [7, 11) is 0. The zero-order valence-corrected chi connectivity index (χ0v) is 17.6. The van der Waals surface area contributed by atoms with Crippen LogP contribution in [0.5, 0.6) is 0 Å². The lowest BCUT2D eigenvalue weighted by Crippen LogP contribution is -2.41. The van der Waals surface area contributed by atoms with Gasteiger partial charge in [0.2, 0.25) is 5.95 Å². The van der Waals surface area contributed by atoms with Crippen molar-refractivity contribution in [3.05, 3.63) is 45.2 Å². The lowest BCUT2D eigenvalue weighted by Gasteiger charge is -2.25. The molecule has 2 atom stereocenters. The number of rotatable bonds is 8. The van der Waals surface area contributed by atoms with Crippen molar-refractivity contribution in [2.75, 3.05) is 29.5 Å². The summed E-state index contributed by atoms with van der Waals surface area (Å²) in [6.07, 6.45) is 0.0255. The number of nitrogen functional groups attached to an aromatic ring is 1. The molecule has 0 fully saturated rings. The number of anilines is 3. The van der Waals surface area contributed by atoms with E-state index in [1.165, 1.54) is 4.90 Å². The molecule has 0 unspecified atom stereocenters. The standard InChI is InChI=1S/C21H24N6O6/c22-21-25-17-14(18(30)26-21)5-10(8-24-17)7-23-12-1-2-13-11(6-12)9-27(19(13)31)15(20(32)33)3-4-16(28)29/h1-2,6,10,15,23H,3-5,7-9H2,(H,28,29)(H,32,33)(H4,22,24,25,26,30)/t10-,15+/m1/s1. The topological polar surface area (TPSA) is 191 Å². The number of hydrogen-bond donors (Lipinski definition) is 6. The van der Waals surface area contributed by atoms with Gasteiger partial charge in [-0.15, -0.1) is 0 Å². The van der Waals surface area contributed by atoms with Crippen molar-refractivity contribution < 1.29 is 24.6 Å². The number of nitrogens with one attached hydrogen (secondary N) is 3. The largest absolute Gasteiger partial charge is 0.481 e. The summed E-state index contributed by atoms with van der Waals surface area (Å²) in [6, 6.07) is 3.98. The molecule has 1 aromatic carbocycles. The molecule has 7 N–H and O–H groups in total. The molecule has 0 saturated carbocycles. The Kier molecular flexibility index (Phi) is 5.90. The second-order valence-electron chi connectivity index (χ2n) is 8.20. The van der Waals surface area contributed by atoms with Gasteiger partial charge < -0.3 is 31.5 Å². The van der Waals surface area contributed by atoms with E-state index in [-0.39, 0.29) is 36.8 Å². The molecule has 12 nitrogen and oxygen atoms in total. The Morgan fingerprint density at radius 1 is 1.30 bits per heavy atom. The Morgan fingerprint density at radius 2 is 2.09 bits per heavy atom. The zero-order chi connectivity index (χ0) is 23.7. The lowest BCUT2D eigenvalue weighted by molar-refractivity contribution is -0.143. The van der Waals surface area contributed by atoms with Crippen molar-refractivity contribution in [1.82, 2.24) is 14.9 Å². The molecule has 33 heavy (non-hydrogen) atoms. The van der Waals surface area contributed by atoms with Gasteiger partial charge in [0.15, 0.2) is 0 Å². The van der Waals surface area contributed by atoms with Crippen molar-refractivity contribution in [2.24, 2.45) is 5.92 Å². The highest BCUT2D eigenvalue weighted by Gasteiger charge is 2.36. The molecule has 2 aromatic rings. The van der Waals surface area contributed by atoms with Crippen LogP contribution in [0.25, 0.3) is 0 Å².